The van der Waals surface area contributed by atoms with Gasteiger partial charge in [-0.1, -0.05) is 35.9 Å². The molecule has 0 bridgehead atoms. The molecule has 2 N–H and O–H groups in total. The van der Waals surface area contributed by atoms with Gasteiger partial charge in [-0.25, -0.2) is 0 Å². The van der Waals surface area contributed by atoms with E-state index in [1.165, 1.54) is 0 Å². The molecule has 0 aliphatic rings. The van der Waals surface area contributed by atoms with E-state index in [1.807, 2.05) is 43.3 Å². The van der Waals surface area contributed by atoms with Crippen molar-refractivity contribution >= 4 is 40.5 Å². The average molecular weight is 408 g/mol. The highest BCUT2D eigenvalue weighted by Gasteiger charge is 2.13. The van der Waals surface area contributed by atoms with Crippen LogP contribution in [0, 0.1) is 6.92 Å². The van der Waals surface area contributed by atoms with Crippen LogP contribution in [-0.4, -0.2) is 25.4 Å². The quantitative estimate of drug-likeness (QED) is 0.606. The van der Waals surface area contributed by atoms with Crippen LogP contribution in [0.15, 0.2) is 72.8 Å². The highest BCUT2D eigenvalue weighted by molar-refractivity contribution is 6.31. The largest absolute Gasteiger partial charge is 0.376 e. The molecular formula is C23H22ClN3O2. The molecule has 0 heterocycles. The standard InChI is InChI=1S/C23H22ClN3O2/c1-16-20(24)9-6-10-21(16)26-22(28)15-25-18-13-11-17(12-14-18)23(29)27(2)19-7-4-3-5-8-19/h3-14,25H,15H2,1-2H3,(H,26,28). The molecule has 29 heavy (non-hydrogen) atoms. The number of nitrogens with one attached hydrogen (secondary N) is 2. The summed E-state index contributed by atoms with van der Waals surface area (Å²) in [5.41, 5.74) is 3.66. The number of amides is 2. The second-order valence-corrected chi connectivity index (χ2v) is 7.00. The Morgan fingerprint density at radius 1 is 0.931 bits per heavy atom. The Kier molecular flexibility index (Phi) is 6.52. The average Bonchev–Trinajstić information content (AvgIpc) is 2.75. The number of carbonyl (C=O) groups is 2. The Balaban J connectivity index is 1.57. The molecule has 3 rings (SSSR count). The van der Waals surface area contributed by atoms with E-state index >= 15 is 0 Å². The summed E-state index contributed by atoms with van der Waals surface area (Å²) in [5, 5.41) is 6.50. The van der Waals surface area contributed by atoms with Gasteiger partial charge in [0, 0.05) is 34.7 Å². The van der Waals surface area contributed by atoms with E-state index in [0.717, 1.165) is 16.9 Å². The first-order valence-electron chi connectivity index (χ1n) is 9.17. The number of carbonyl (C=O) groups excluding carboxylic acids is 2. The topological polar surface area (TPSA) is 61.4 Å². The third-order valence-electron chi connectivity index (χ3n) is 4.57. The van der Waals surface area contributed by atoms with Crippen LogP contribution in [0.1, 0.15) is 15.9 Å². The first-order chi connectivity index (χ1) is 14.0. The summed E-state index contributed by atoms with van der Waals surface area (Å²) < 4.78 is 0. The van der Waals surface area contributed by atoms with E-state index in [1.54, 1.807) is 48.3 Å². The smallest absolute Gasteiger partial charge is 0.258 e. The number of rotatable bonds is 6. The molecule has 0 saturated carbocycles. The number of hydrogen-bond donors (Lipinski definition) is 2. The predicted molar refractivity (Wildman–Crippen MR) is 119 cm³/mol. The van der Waals surface area contributed by atoms with Crippen molar-refractivity contribution in [2.75, 3.05) is 29.1 Å². The van der Waals surface area contributed by atoms with Crippen molar-refractivity contribution in [2.45, 2.75) is 6.92 Å². The fourth-order valence-electron chi connectivity index (χ4n) is 2.81. The zero-order valence-corrected chi connectivity index (χ0v) is 17.0. The van der Waals surface area contributed by atoms with Crippen LogP contribution in [0.4, 0.5) is 17.1 Å². The summed E-state index contributed by atoms with van der Waals surface area (Å²) in [6.45, 7) is 1.96. The van der Waals surface area contributed by atoms with Gasteiger partial charge in [0.05, 0.1) is 6.54 Å². The Morgan fingerprint density at radius 2 is 1.62 bits per heavy atom. The number of anilines is 3. The molecule has 3 aromatic carbocycles. The summed E-state index contributed by atoms with van der Waals surface area (Å²) in [6.07, 6.45) is 0. The third kappa shape index (κ3) is 5.15. The van der Waals surface area contributed by atoms with Gasteiger partial charge in [-0.15, -0.1) is 0 Å². The van der Waals surface area contributed by atoms with Gasteiger partial charge in [0.15, 0.2) is 0 Å². The summed E-state index contributed by atoms with van der Waals surface area (Å²) in [4.78, 5) is 26.4. The molecule has 0 fully saturated rings. The lowest BCUT2D eigenvalue weighted by Gasteiger charge is -2.17. The van der Waals surface area contributed by atoms with Gasteiger partial charge in [-0.3, -0.25) is 9.59 Å². The van der Waals surface area contributed by atoms with Crippen molar-refractivity contribution in [3.63, 3.8) is 0 Å². The fourth-order valence-corrected chi connectivity index (χ4v) is 2.99. The van der Waals surface area contributed by atoms with Crippen LogP contribution >= 0.6 is 11.6 Å². The first kappa shape index (κ1) is 20.4. The van der Waals surface area contributed by atoms with Crippen LogP contribution in [-0.2, 0) is 4.79 Å². The van der Waals surface area contributed by atoms with Gasteiger partial charge in [-0.05, 0) is 61.0 Å². The molecule has 3 aromatic rings. The molecule has 5 nitrogen and oxygen atoms in total. The second-order valence-electron chi connectivity index (χ2n) is 6.59. The Hall–Kier alpha value is -3.31. The van der Waals surface area contributed by atoms with Gasteiger partial charge in [0.25, 0.3) is 5.91 Å². The van der Waals surface area contributed by atoms with Gasteiger partial charge in [-0.2, -0.15) is 0 Å². The van der Waals surface area contributed by atoms with E-state index in [-0.39, 0.29) is 18.4 Å². The van der Waals surface area contributed by atoms with Crippen molar-refractivity contribution in [1.29, 1.82) is 0 Å². The minimum atomic E-state index is -0.181. The van der Waals surface area contributed by atoms with Crippen molar-refractivity contribution in [3.05, 3.63) is 88.9 Å². The Morgan fingerprint density at radius 3 is 2.31 bits per heavy atom. The Labute approximate surface area is 175 Å². The third-order valence-corrected chi connectivity index (χ3v) is 4.98. The van der Waals surface area contributed by atoms with E-state index in [9.17, 15) is 9.59 Å². The van der Waals surface area contributed by atoms with Gasteiger partial charge in [0.1, 0.15) is 0 Å². The van der Waals surface area contributed by atoms with E-state index < -0.39 is 0 Å². The minimum Gasteiger partial charge on any atom is -0.376 e. The van der Waals surface area contributed by atoms with Gasteiger partial charge >= 0.3 is 0 Å². The SMILES string of the molecule is Cc1c(Cl)cccc1NC(=O)CNc1ccc(C(=O)N(C)c2ccccc2)cc1. The fraction of sp³-hybridized carbons (Fsp3) is 0.130. The first-order valence-corrected chi connectivity index (χ1v) is 9.55. The predicted octanol–water partition coefficient (Wildman–Crippen LogP) is 4.98. The zero-order valence-electron chi connectivity index (χ0n) is 16.3. The maximum atomic E-state index is 12.6. The van der Waals surface area contributed by atoms with E-state index in [0.29, 0.717) is 16.3 Å². The molecule has 0 saturated heterocycles. The lowest BCUT2D eigenvalue weighted by atomic mass is 10.1. The highest BCUT2D eigenvalue weighted by atomic mass is 35.5. The number of hydrogen-bond acceptors (Lipinski definition) is 3. The summed E-state index contributed by atoms with van der Waals surface area (Å²) in [5.74, 6) is -0.281. The maximum Gasteiger partial charge on any atom is 0.258 e. The molecule has 0 aliphatic carbocycles. The van der Waals surface area contributed by atoms with Crippen molar-refractivity contribution in [1.82, 2.24) is 0 Å². The maximum absolute atomic E-state index is 12.6. The normalized spacial score (nSPS) is 10.3. The minimum absolute atomic E-state index is 0.100. The lowest BCUT2D eigenvalue weighted by Crippen LogP contribution is -2.26. The molecule has 148 valence electrons. The summed E-state index contributed by atoms with van der Waals surface area (Å²) >= 11 is 6.07. The zero-order chi connectivity index (χ0) is 20.8. The molecule has 0 unspecified atom stereocenters. The molecule has 2 amide bonds. The molecule has 6 heteroatoms. The van der Waals surface area contributed by atoms with Crippen molar-refractivity contribution < 1.29 is 9.59 Å². The summed E-state index contributed by atoms with van der Waals surface area (Å²) in [7, 11) is 1.74. The van der Waals surface area contributed by atoms with Crippen molar-refractivity contribution in [2.24, 2.45) is 0 Å². The lowest BCUT2D eigenvalue weighted by molar-refractivity contribution is -0.114. The van der Waals surface area contributed by atoms with E-state index in [4.69, 9.17) is 11.6 Å². The highest BCUT2D eigenvalue weighted by Crippen LogP contribution is 2.23. The molecule has 0 radical (unpaired) electrons. The number of benzene rings is 3. The van der Waals surface area contributed by atoms with Crippen LogP contribution < -0.4 is 15.5 Å². The van der Waals surface area contributed by atoms with Gasteiger partial charge in [0.2, 0.25) is 5.91 Å². The molecular weight excluding hydrogens is 386 g/mol. The molecule has 0 aliphatic heterocycles. The van der Waals surface area contributed by atoms with Crippen LogP contribution in [0.5, 0.6) is 0 Å². The van der Waals surface area contributed by atoms with Crippen LogP contribution in [0.25, 0.3) is 0 Å². The van der Waals surface area contributed by atoms with Crippen LogP contribution in [0.2, 0.25) is 5.02 Å². The molecule has 0 atom stereocenters. The van der Waals surface area contributed by atoms with Crippen molar-refractivity contribution in [3.8, 4) is 0 Å². The number of halogens is 1. The van der Waals surface area contributed by atoms with Crippen LogP contribution in [0.3, 0.4) is 0 Å². The summed E-state index contributed by atoms with van der Waals surface area (Å²) in [6, 6.07) is 21.9. The van der Waals surface area contributed by atoms with Gasteiger partial charge < -0.3 is 15.5 Å². The molecule has 0 spiro atoms. The second kappa shape index (κ2) is 9.26. The Bertz CT molecular complexity index is 1000. The molecule has 0 aromatic heterocycles. The monoisotopic (exact) mass is 407 g/mol. The number of nitrogens with zero attached hydrogens (tertiary/aromatic N) is 1. The number of para-hydroxylation sites is 1. The van der Waals surface area contributed by atoms with E-state index in [2.05, 4.69) is 10.6 Å².